The van der Waals surface area contributed by atoms with Gasteiger partial charge in [-0.05, 0) is 46.0 Å². The number of rotatable bonds is 7. The summed E-state index contributed by atoms with van der Waals surface area (Å²) in [7, 11) is 2.10. The number of benzene rings is 2. The highest BCUT2D eigenvalue weighted by Crippen LogP contribution is 2.39. The maximum atomic E-state index is 14.8. The SMILES string of the molecule is CCOC(=O)c1cnc2cc(OC(C)C)c(N3CCN(C)CC3)cc2c1Nc1cccc(Cl)c1F. The van der Waals surface area contributed by atoms with Gasteiger partial charge in [0.15, 0.2) is 5.82 Å². The predicted octanol–water partition coefficient (Wildman–Crippen LogP) is 5.49. The number of pyridine rings is 1. The molecule has 1 aliphatic heterocycles. The summed E-state index contributed by atoms with van der Waals surface area (Å²) in [5.41, 5.74) is 2.27. The molecule has 2 heterocycles. The summed E-state index contributed by atoms with van der Waals surface area (Å²) in [6.07, 6.45) is 1.41. The van der Waals surface area contributed by atoms with Crippen LogP contribution in [0.2, 0.25) is 5.02 Å². The topological polar surface area (TPSA) is 66.9 Å². The normalized spacial score (nSPS) is 14.4. The summed E-state index contributed by atoms with van der Waals surface area (Å²) in [5, 5.41) is 3.73. The Labute approximate surface area is 209 Å². The number of esters is 1. The fraction of sp³-hybridized carbons (Fsp3) is 0.385. The molecule has 1 aliphatic rings. The molecule has 0 amide bonds. The quantitative estimate of drug-likeness (QED) is 0.430. The van der Waals surface area contributed by atoms with Crippen molar-refractivity contribution in [3.8, 4) is 5.75 Å². The highest BCUT2D eigenvalue weighted by atomic mass is 35.5. The molecule has 1 saturated heterocycles. The van der Waals surface area contributed by atoms with Crippen LogP contribution in [0.4, 0.5) is 21.5 Å². The molecule has 0 unspecified atom stereocenters. The van der Waals surface area contributed by atoms with E-state index in [1.165, 1.54) is 12.3 Å². The lowest BCUT2D eigenvalue weighted by Gasteiger charge is -2.35. The lowest BCUT2D eigenvalue weighted by atomic mass is 10.1. The van der Waals surface area contributed by atoms with Crippen LogP contribution in [0.1, 0.15) is 31.1 Å². The minimum Gasteiger partial charge on any atom is -0.489 e. The Morgan fingerprint density at radius 1 is 1.23 bits per heavy atom. The smallest absolute Gasteiger partial charge is 0.341 e. The van der Waals surface area contributed by atoms with E-state index in [0.29, 0.717) is 22.3 Å². The van der Waals surface area contributed by atoms with E-state index in [2.05, 4.69) is 27.1 Å². The average Bonchev–Trinajstić information content (AvgIpc) is 2.82. The van der Waals surface area contributed by atoms with Gasteiger partial charge in [0.2, 0.25) is 0 Å². The zero-order valence-corrected chi connectivity index (χ0v) is 21.2. The van der Waals surface area contributed by atoms with Crippen LogP contribution in [0.15, 0.2) is 36.5 Å². The first kappa shape index (κ1) is 25.0. The Balaban J connectivity index is 1.91. The molecule has 0 aliphatic carbocycles. The second kappa shape index (κ2) is 10.7. The zero-order valence-electron chi connectivity index (χ0n) is 20.4. The maximum Gasteiger partial charge on any atom is 0.341 e. The molecule has 0 radical (unpaired) electrons. The first-order valence-electron chi connectivity index (χ1n) is 11.7. The molecule has 0 atom stereocenters. The molecule has 4 rings (SSSR count). The molecular formula is C26H30ClFN4O3. The minimum atomic E-state index is -0.604. The molecule has 0 saturated carbocycles. The number of ether oxygens (including phenoxy) is 2. The number of nitrogens with one attached hydrogen (secondary N) is 1. The number of carbonyl (C=O) groups is 1. The highest BCUT2D eigenvalue weighted by molar-refractivity contribution is 6.31. The summed E-state index contributed by atoms with van der Waals surface area (Å²) in [6.45, 7) is 9.37. The molecule has 1 N–H and O–H groups in total. The second-order valence-corrected chi connectivity index (χ2v) is 9.19. The van der Waals surface area contributed by atoms with Crippen molar-refractivity contribution in [2.75, 3.05) is 50.1 Å². The molecule has 0 spiro atoms. The van der Waals surface area contributed by atoms with Crippen LogP contribution in [0.25, 0.3) is 10.9 Å². The molecule has 3 aromatic rings. The fourth-order valence-electron chi connectivity index (χ4n) is 4.08. The fourth-order valence-corrected chi connectivity index (χ4v) is 4.26. The minimum absolute atomic E-state index is 0.0169. The van der Waals surface area contributed by atoms with Crippen LogP contribution in [0.3, 0.4) is 0 Å². The lowest BCUT2D eigenvalue weighted by molar-refractivity contribution is 0.0527. The number of hydrogen-bond donors (Lipinski definition) is 1. The Hall–Kier alpha value is -3.10. The lowest BCUT2D eigenvalue weighted by Crippen LogP contribution is -2.44. The zero-order chi connectivity index (χ0) is 25.1. The average molecular weight is 501 g/mol. The van der Waals surface area contributed by atoms with Crippen molar-refractivity contribution in [3.05, 3.63) is 52.9 Å². The Morgan fingerprint density at radius 2 is 1.97 bits per heavy atom. The van der Waals surface area contributed by atoms with Crippen molar-refractivity contribution in [2.45, 2.75) is 26.9 Å². The Bertz CT molecular complexity index is 1230. The van der Waals surface area contributed by atoms with Crippen LogP contribution >= 0.6 is 11.6 Å². The first-order chi connectivity index (χ1) is 16.8. The number of hydrogen-bond acceptors (Lipinski definition) is 7. The third kappa shape index (κ3) is 5.44. The van der Waals surface area contributed by atoms with Gasteiger partial charge in [-0.3, -0.25) is 4.98 Å². The number of aromatic nitrogens is 1. The Morgan fingerprint density at radius 3 is 2.66 bits per heavy atom. The van der Waals surface area contributed by atoms with E-state index in [0.717, 1.165) is 31.9 Å². The van der Waals surface area contributed by atoms with Gasteiger partial charge in [-0.2, -0.15) is 0 Å². The largest absolute Gasteiger partial charge is 0.489 e. The maximum absolute atomic E-state index is 14.8. The van der Waals surface area contributed by atoms with Crippen molar-refractivity contribution in [1.29, 1.82) is 0 Å². The molecule has 35 heavy (non-hydrogen) atoms. The van der Waals surface area contributed by atoms with Gasteiger partial charge < -0.3 is 24.6 Å². The van der Waals surface area contributed by atoms with E-state index < -0.39 is 11.8 Å². The number of anilines is 3. The van der Waals surface area contributed by atoms with Crippen LogP contribution in [-0.4, -0.2) is 61.8 Å². The summed E-state index contributed by atoms with van der Waals surface area (Å²) in [6, 6.07) is 8.52. The van der Waals surface area contributed by atoms with E-state index >= 15 is 0 Å². The van der Waals surface area contributed by atoms with E-state index in [9.17, 15) is 9.18 Å². The summed E-state index contributed by atoms with van der Waals surface area (Å²) in [5.74, 6) is -0.434. The number of carbonyl (C=O) groups excluding carboxylic acids is 1. The van der Waals surface area contributed by atoms with Gasteiger partial charge >= 0.3 is 5.97 Å². The number of fused-ring (bicyclic) bond motifs is 1. The second-order valence-electron chi connectivity index (χ2n) is 8.79. The molecule has 7 nitrogen and oxygen atoms in total. The first-order valence-corrected chi connectivity index (χ1v) is 12.1. The monoisotopic (exact) mass is 500 g/mol. The number of likely N-dealkylation sites (N-methyl/N-ethyl adjacent to an activating group) is 1. The third-order valence-corrected chi connectivity index (χ3v) is 6.15. The van der Waals surface area contributed by atoms with Crippen molar-refractivity contribution in [3.63, 3.8) is 0 Å². The number of piperazine rings is 1. The number of halogens is 2. The van der Waals surface area contributed by atoms with Gasteiger partial charge in [-0.15, -0.1) is 0 Å². The molecule has 1 fully saturated rings. The standard InChI is InChI=1S/C26H30ClFN4O3/c1-5-34-26(33)18-15-29-21-14-23(35-16(2)3)22(32-11-9-31(4)10-12-32)13-17(21)25(18)30-20-8-6-7-19(27)24(20)28/h6-8,13-16H,5,9-12H2,1-4H3,(H,29,30). The van der Waals surface area contributed by atoms with E-state index in [1.54, 1.807) is 19.1 Å². The molecule has 1 aromatic heterocycles. The Kier molecular flexibility index (Phi) is 7.62. The highest BCUT2D eigenvalue weighted by Gasteiger charge is 2.24. The van der Waals surface area contributed by atoms with Crippen molar-refractivity contribution in [2.24, 2.45) is 0 Å². The predicted molar refractivity (Wildman–Crippen MR) is 138 cm³/mol. The van der Waals surface area contributed by atoms with Crippen LogP contribution in [0, 0.1) is 5.82 Å². The molecule has 2 aromatic carbocycles. The molecule has 186 valence electrons. The van der Waals surface area contributed by atoms with Crippen molar-refractivity contribution < 1.29 is 18.7 Å². The molecular weight excluding hydrogens is 471 g/mol. The van der Waals surface area contributed by atoms with Gasteiger partial charge in [0.25, 0.3) is 0 Å². The van der Waals surface area contributed by atoms with E-state index in [4.69, 9.17) is 21.1 Å². The molecule has 9 heteroatoms. The van der Waals surface area contributed by atoms with Gasteiger partial charge in [0.05, 0.1) is 40.3 Å². The third-order valence-electron chi connectivity index (χ3n) is 5.86. The summed E-state index contributed by atoms with van der Waals surface area (Å²) < 4.78 is 26.2. The van der Waals surface area contributed by atoms with Crippen LogP contribution in [-0.2, 0) is 4.74 Å². The van der Waals surface area contributed by atoms with Crippen molar-refractivity contribution >= 4 is 45.5 Å². The van der Waals surface area contributed by atoms with E-state index in [1.807, 2.05) is 26.0 Å². The van der Waals surface area contributed by atoms with Gasteiger partial charge in [-0.1, -0.05) is 17.7 Å². The van der Waals surface area contributed by atoms with Gasteiger partial charge in [0, 0.05) is 43.8 Å². The van der Waals surface area contributed by atoms with Crippen molar-refractivity contribution in [1.82, 2.24) is 9.88 Å². The van der Waals surface area contributed by atoms with Gasteiger partial charge in [-0.25, -0.2) is 9.18 Å². The molecule has 0 bridgehead atoms. The van der Waals surface area contributed by atoms with Crippen LogP contribution in [0.5, 0.6) is 5.75 Å². The summed E-state index contributed by atoms with van der Waals surface area (Å²) in [4.78, 5) is 21.9. The number of nitrogens with zero attached hydrogens (tertiary/aromatic N) is 3. The van der Waals surface area contributed by atoms with E-state index in [-0.39, 0.29) is 29.0 Å². The van der Waals surface area contributed by atoms with Crippen LogP contribution < -0.4 is 15.0 Å². The summed E-state index contributed by atoms with van der Waals surface area (Å²) >= 11 is 6.01. The van der Waals surface area contributed by atoms with Gasteiger partial charge in [0.1, 0.15) is 11.3 Å².